The van der Waals surface area contributed by atoms with Gasteiger partial charge in [0, 0.05) is 5.75 Å². The Bertz CT molecular complexity index is 711. The molecular formula is C18H20N2O3S. The maximum Gasteiger partial charge on any atom is 0.308 e. The van der Waals surface area contributed by atoms with Gasteiger partial charge in [-0.15, -0.1) is 11.8 Å². The van der Waals surface area contributed by atoms with Crippen molar-refractivity contribution in [3.8, 4) is 5.75 Å². The summed E-state index contributed by atoms with van der Waals surface area (Å²) in [5, 5.41) is 15.9. The van der Waals surface area contributed by atoms with Gasteiger partial charge in [-0.25, -0.2) is 0 Å². The van der Waals surface area contributed by atoms with E-state index in [-0.39, 0.29) is 6.42 Å². The van der Waals surface area contributed by atoms with E-state index in [1.54, 1.807) is 0 Å². The van der Waals surface area contributed by atoms with Gasteiger partial charge >= 0.3 is 5.97 Å². The van der Waals surface area contributed by atoms with Gasteiger partial charge in [0.25, 0.3) is 0 Å². The summed E-state index contributed by atoms with van der Waals surface area (Å²) in [5.41, 5.74) is 2.93. The molecule has 24 heavy (non-hydrogen) atoms. The molecule has 0 saturated heterocycles. The van der Waals surface area contributed by atoms with Crippen molar-refractivity contribution in [1.82, 2.24) is 0 Å². The number of hydrogen-bond acceptors (Lipinski definition) is 5. The molecule has 5 nitrogen and oxygen atoms in total. The summed E-state index contributed by atoms with van der Waals surface area (Å²) in [5.74, 6) is 0.673. The van der Waals surface area contributed by atoms with E-state index < -0.39 is 11.0 Å². The van der Waals surface area contributed by atoms with Gasteiger partial charge in [0.15, 0.2) is 4.99 Å². The van der Waals surface area contributed by atoms with Gasteiger partial charge in [0.05, 0.1) is 24.4 Å². The third-order valence-corrected chi connectivity index (χ3v) is 5.00. The molecule has 0 spiro atoms. The number of aryl methyl sites for hydroxylation is 1. The minimum atomic E-state index is -0.852. The van der Waals surface area contributed by atoms with Gasteiger partial charge in [-0.1, -0.05) is 30.3 Å². The summed E-state index contributed by atoms with van der Waals surface area (Å²) in [6.07, 6.45) is -0.0310. The van der Waals surface area contributed by atoms with E-state index in [0.29, 0.717) is 12.4 Å². The van der Waals surface area contributed by atoms with Gasteiger partial charge in [-0.2, -0.15) is 0 Å². The van der Waals surface area contributed by atoms with Crippen LogP contribution in [0.3, 0.4) is 0 Å². The molecule has 6 heteroatoms. The molecule has 0 bridgehead atoms. The number of thioether (sulfide) groups is 1. The predicted octanol–water partition coefficient (Wildman–Crippen LogP) is 3.77. The first-order valence-corrected chi connectivity index (χ1v) is 8.76. The number of rotatable bonds is 7. The minimum Gasteiger partial charge on any atom is -0.492 e. The van der Waals surface area contributed by atoms with Crippen LogP contribution in [0.15, 0.2) is 48.5 Å². The van der Waals surface area contributed by atoms with E-state index in [1.807, 2.05) is 55.5 Å². The Morgan fingerprint density at radius 2 is 1.75 bits per heavy atom. The third-order valence-electron chi connectivity index (χ3n) is 3.78. The van der Waals surface area contributed by atoms with Crippen LogP contribution in [0.4, 0.5) is 11.4 Å². The van der Waals surface area contributed by atoms with Crippen molar-refractivity contribution in [3.63, 3.8) is 0 Å². The summed E-state index contributed by atoms with van der Waals surface area (Å²) < 4.78 is 5.80. The number of carboxylic acids is 1. The number of anilines is 2. The Morgan fingerprint density at radius 3 is 2.38 bits per heavy atom. The van der Waals surface area contributed by atoms with Crippen molar-refractivity contribution in [1.29, 1.82) is 0 Å². The second kappa shape index (κ2) is 7.05. The average Bonchev–Trinajstić information content (AvgIpc) is 2.90. The normalized spacial score (nSPS) is 14.4. The van der Waals surface area contributed by atoms with E-state index in [4.69, 9.17) is 4.74 Å². The number of carboxylic acid groups (broad SMARTS) is 1. The fourth-order valence-corrected chi connectivity index (χ4v) is 3.78. The molecule has 0 radical (unpaired) electrons. The van der Waals surface area contributed by atoms with E-state index >= 15 is 0 Å². The number of nitrogens with one attached hydrogen (secondary N) is 2. The van der Waals surface area contributed by atoms with Gasteiger partial charge in [-0.3, -0.25) is 4.79 Å². The molecule has 3 N–H and O–H groups in total. The molecule has 2 aromatic carbocycles. The molecule has 0 aliphatic carbocycles. The van der Waals surface area contributed by atoms with Crippen LogP contribution in [0, 0.1) is 6.92 Å². The lowest BCUT2D eigenvalue weighted by Crippen LogP contribution is -2.41. The molecule has 1 aliphatic heterocycles. The summed E-state index contributed by atoms with van der Waals surface area (Å²) >= 11 is 1.51. The monoisotopic (exact) mass is 344 g/mol. The molecule has 0 aromatic heterocycles. The van der Waals surface area contributed by atoms with Crippen LogP contribution in [0.5, 0.6) is 5.75 Å². The first-order chi connectivity index (χ1) is 11.6. The Balaban J connectivity index is 1.60. The molecule has 3 rings (SSSR count). The number of carbonyl (C=O) groups is 1. The third kappa shape index (κ3) is 3.76. The molecule has 1 heterocycles. The van der Waals surface area contributed by atoms with Crippen molar-refractivity contribution in [2.24, 2.45) is 0 Å². The second-order valence-electron chi connectivity index (χ2n) is 5.66. The van der Waals surface area contributed by atoms with Gasteiger partial charge in [0.2, 0.25) is 0 Å². The second-order valence-corrected chi connectivity index (χ2v) is 7.05. The maximum absolute atomic E-state index is 11.3. The molecule has 0 atom stereocenters. The molecule has 0 saturated carbocycles. The molecule has 1 aliphatic rings. The number of para-hydroxylation sites is 3. The van der Waals surface area contributed by atoms with Crippen LogP contribution < -0.4 is 15.4 Å². The van der Waals surface area contributed by atoms with E-state index in [0.717, 1.165) is 22.7 Å². The SMILES string of the molecule is Cc1ccccc1OCCSC1(CC(=O)O)Nc2ccccc2N1. The molecule has 0 unspecified atom stereocenters. The summed E-state index contributed by atoms with van der Waals surface area (Å²) in [6, 6.07) is 15.6. The van der Waals surface area contributed by atoms with Gasteiger partial charge in [-0.05, 0) is 30.7 Å². The van der Waals surface area contributed by atoms with Crippen molar-refractivity contribution in [2.75, 3.05) is 23.0 Å². The number of ether oxygens (including phenoxy) is 1. The van der Waals surface area contributed by atoms with Crippen LogP contribution >= 0.6 is 11.8 Å². The van der Waals surface area contributed by atoms with E-state index in [1.165, 1.54) is 11.8 Å². The van der Waals surface area contributed by atoms with Crippen LogP contribution in [-0.2, 0) is 4.79 Å². The fraction of sp³-hybridized carbons (Fsp3) is 0.278. The zero-order valence-electron chi connectivity index (χ0n) is 13.4. The minimum absolute atomic E-state index is 0.0310. The van der Waals surface area contributed by atoms with Crippen molar-refractivity contribution < 1.29 is 14.6 Å². The molecule has 126 valence electrons. The van der Waals surface area contributed by atoms with Crippen LogP contribution in [0.1, 0.15) is 12.0 Å². The van der Waals surface area contributed by atoms with Crippen molar-refractivity contribution >= 4 is 29.1 Å². The van der Waals surface area contributed by atoms with Crippen LogP contribution in [-0.4, -0.2) is 28.4 Å². The Labute approximate surface area is 145 Å². The average molecular weight is 344 g/mol. The Kier molecular flexibility index (Phi) is 4.85. The van der Waals surface area contributed by atoms with Gasteiger partial charge in [0.1, 0.15) is 5.75 Å². The van der Waals surface area contributed by atoms with E-state index in [9.17, 15) is 9.90 Å². The van der Waals surface area contributed by atoms with Crippen molar-refractivity contribution in [3.05, 3.63) is 54.1 Å². The Morgan fingerprint density at radius 1 is 1.12 bits per heavy atom. The number of benzene rings is 2. The smallest absolute Gasteiger partial charge is 0.308 e. The lowest BCUT2D eigenvalue weighted by molar-refractivity contribution is -0.137. The number of fused-ring (bicyclic) bond motifs is 1. The standard InChI is InChI=1S/C18H20N2O3S/c1-13-6-2-5-9-16(13)23-10-11-24-18(12-17(21)22)19-14-7-3-4-8-15(14)20-18/h2-9,19-20H,10-12H2,1H3,(H,21,22). The molecule has 0 fully saturated rings. The lowest BCUT2D eigenvalue weighted by Gasteiger charge is -2.28. The van der Waals surface area contributed by atoms with Crippen LogP contribution in [0.2, 0.25) is 0 Å². The molecule has 2 aromatic rings. The predicted molar refractivity (Wildman–Crippen MR) is 97.8 cm³/mol. The number of hydrogen-bond donors (Lipinski definition) is 3. The number of aliphatic carboxylic acids is 1. The highest BCUT2D eigenvalue weighted by molar-refractivity contribution is 8.00. The summed E-state index contributed by atoms with van der Waals surface area (Å²) in [7, 11) is 0. The highest BCUT2D eigenvalue weighted by Crippen LogP contribution is 2.41. The highest BCUT2D eigenvalue weighted by Gasteiger charge is 2.38. The maximum atomic E-state index is 11.3. The van der Waals surface area contributed by atoms with E-state index in [2.05, 4.69) is 10.6 Å². The van der Waals surface area contributed by atoms with Gasteiger partial charge < -0.3 is 20.5 Å². The topological polar surface area (TPSA) is 70.6 Å². The first kappa shape index (κ1) is 16.5. The van der Waals surface area contributed by atoms with Crippen LogP contribution in [0.25, 0.3) is 0 Å². The Hall–Kier alpha value is -2.34. The molecule has 0 amide bonds. The summed E-state index contributed by atoms with van der Waals surface area (Å²) in [4.78, 5) is 10.5. The lowest BCUT2D eigenvalue weighted by atomic mass is 10.2. The van der Waals surface area contributed by atoms with Crippen molar-refractivity contribution in [2.45, 2.75) is 18.3 Å². The largest absolute Gasteiger partial charge is 0.492 e. The first-order valence-electron chi connectivity index (χ1n) is 7.78. The highest BCUT2D eigenvalue weighted by atomic mass is 32.2. The summed E-state index contributed by atoms with van der Waals surface area (Å²) in [6.45, 7) is 2.52. The quantitative estimate of drug-likeness (QED) is 0.664. The fourth-order valence-electron chi connectivity index (χ4n) is 2.68. The molecular weight excluding hydrogens is 324 g/mol. The zero-order valence-corrected chi connectivity index (χ0v) is 14.2. The zero-order chi connectivity index (χ0) is 17.0.